The largest absolute Gasteiger partial charge is 0.457 e. The summed E-state index contributed by atoms with van der Waals surface area (Å²) in [4.78, 5) is 23.3. The third-order valence-corrected chi connectivity index (χ3v) is 4.45. The summed E-state index contributed by atoms with van der Waals surface area (Å²) in [6, 6.07) is 13.9. The minimum Gasteiger partial charge on any atom is -0.457 e. The predicted molar refractivity (Wildman–Crippen MR) is 89.5 cm³/mol. The maximum Gasteiger partial charge on any atom is 0.316 e. The first-order chi connectivity index (χ1) is 11.0. The molecule has 0 aliphatic rings. The van der Waals surface area contributed by atoms with Crippen LogP contribution in [0.3, 0.4) is 0 Å². The average molecular weight is 331 g/mol. The Morgan fingerprint density at radius 2 is 2.00 bits per heavy atom. The minimum absolute atomic E-state index is 0.0142. The van der Waals surface area contributed by atoms with Gasteiger partial charge in [-0.15, -0.1) is 11.8 Å². The molecule has 0 bridgehead atoms. The van der Waals surface area contributed by atoms with Crippen LogP contribution in [0.2, 0.25) is 0 Å². The number of ether oxygens (including phenoxy) is 1. The first-order valence-corrected chi connectivity index (χ1v) is 8.08. The summed E-state index contributed by atoms with van der Waals surface area (Å²) in [5, 5.41) is 10.8. The molecule has 0 N–H and O–H groups in total. The number of benzene rings is 2. The van der Waals surface area contributed by atoms with E-state index >= 15 is 0 Å². The molecule has 0 aromatic heterocycles. The number of thioether (sulfide) groups is 1. The average Bonchev–Trinajstić information content (AvgIpc) is 2.54. The summed E-state index contributed by atoms with van der Waals surface area (Å²) < 4.78 is 5.35. The number of carbonyl (C=O) groups is 1. The lowest BCUT2D eigenvalue weighted by molar-refractivity contribution is -0.385. The van der Waals surface area contributed by atoms with Crippen molar-refractivity contribution in [1.29, 1.82) is 0 Å². The first kappa shape index (κ1) is 17.0. The van der Waals surface area contributed by atoms with Crippen molar-refractivity contribution in [3.05, 3.63) is 69.8 Å². The maximum atomic E-state index is 12.0. The van der Waals surface area contributed by atoms with Crippen LogP contribution in [0.15, 0.2) is 53.4 Å². The molecule has 0 saturated carbocycles. The van der Waals surface area contributed by atoms with E-state index in [1.807, 2.05) is 31.2 Å². The van der Waals surface area contributed by atoms with E-state index in [0.29, 0.717) is 5.56 Å². The van der Waals surface area contributed by atoms with Crippen LogP contribution < -0.4 is 0 Å². The van der Waals surface area contributed by atoms with Crippen molar-refractivity contribution in [3.8, 4) is 0 Å². The molecule has 0 aliphatic heterocycles. The Hall–Kier alpha value is -2.34. The minimum atomic E-state index is -0.528. The summed E-state index contributed by atoms with van der Waals surface area (Å²) in [5.41, 5.74) is 1.70. The van der Waals surface area contributed by atoms with Crippen LogP contribution in [0.5, 0.6) is 0 Å². The summed E-state index contributed by atoms with van der Waals surface area (Å²) in [6.45, 7) is 3.69. The van der Waals surface area contributed by atoms with Gasteiger partial charge in [0.05, 0.1) is 10.7 Å². The van der Waals surface area contributed by atoms with Crippen molar-refractivity contribution in [1.82, 2.24) is 0 Å². The summed E-state index contributed by atoms with van der Waals surface area (Å²) >= 11 is 1.42. The highest BCUT2D eigenvalue weighted by atomic mass is 32.2. The van der Waals surface area contributed by atoms with Crippen LogP contribution in [-0.2, 0) is 9.53 Å². The lowest BCUT2D eigenvalue weighted by Gasteiger charge is -2.13. The molecule has 0 unspecified atom stereocenters. The van der Waals surface area contributed by atoms with Gasteiger partial charge in [0.25, 0.3) is 5.69 Å². The topological polar surface area (TPSA) is 69.4 Å². The molecule has 0 radical (unpaired) electrons. The third kappa shape index (κ3) is 4.82. The molecular formula is C17H17NO4S. The Morgan fingerprint density at radius 1 is 1.26 bits per heavy atom. The van der Waals surface area contributed by atoms with Gasteiger partial charge in [-0.1, -0.05) is 30.3 Å². The zero-order chi connectivity index (χ0) is 16.8. The van der Waals surface area contributed by atoms with E-state index in [0.717, 1.165) is 10.5 Å². The summed E-state index contributed by atoms with van der Waals surface area (Å²) in [7, 11) is 0. The number of esters is 1. The molecule has 0 aliphatic carbocycles. The fourth-order valence-electron chi connectivity index (χ4n) is 2.05. The van der Waals surface area contributed by atoms with Gasteiger partial charge in [-0.25, -0.2) is 0 Å². The number of hydrogen-bond acceptors (Lipinski definition) is 5. The molecule has 0 fully saturated rings. The molecule has 2 rings (SSSR count). The smallest absolute Gasteiger partial charge is 0.316 e. The van der Waals surface area contributed by atoms with Crippen LogP contribution in [0.4, 0.5) is 5.69 Å². The van der Waals surface area contributed by atoms with E-state index in [1.54, 1.807) is 19.1 Å². The molecular weight excluding hydrogens is 314 g/mol. The lowest BCUT2D eigenvalue weighted by Crippen LogP contribution is -2.11. The second-order valence-electron chi connectivity index (χ2n) is 5.04. The van der Waals surface area contributed by atoms with Gasteiger partial charge < -0.3 is 4.74 Å². The van der Waals surface area contributed by atoms with E-state index in [9.17, 15) is 14.9 Å². The Labute approximate surface area is 138 Å². The summed E-state index contributed by atoms with van der Waals surface area (Å²) in [6.07, 6.45) is -0.528. The maximum absolute atomic E-state index is 12.0. The number of nitro benzene ring substituents is 1. The Bertz CT molecular complexity index is 717. The normalized spacial score (nSPS) is 11.7. The fraction of sp³-hybridized carbons (Fsp3) is 0.235. The first-order valence-electron chi connectivity index (χ1n) is 7.09. The zero-order valence-corrected chi connectivity index (χ0v) is 13.7. The molecule has 5 nitrogen and oxygen atoms in total. The van der Waals surface area contributed by atoms with Crippen molar-refractivity contribution >= 4 is 23.4 Å². The van der Waals surface area contributed by atoms with Crippen molar-refractivity contribution in [3.63, 3.8) is 0 Å². The number of aryl methyl sites for hydroxylation is 1. The molecule has 6 heteroatoms. The predicted octanol–water partition coefficient (Wildman–Crippen LogP) is 4.30. The van der Waals surface area contributed by atoms with Crippen LogP contribution in [0.1, 0.15) is 24.2 Å². The van der Waals surface area contributed by atoms with Gasteiger partial charge in [0.2, 0.25) is 0 Å². The highest BCUT2D eigenvalue weighted by Gasteiger charge is 2.15. The molecule has 2 aromatic carbocycles. The molecule has 2 aromatic rings. The van der Waals surface area contributed by atoms with Gasteiger partial charge in [0, 0.05) is 17.0 Å². The zero-order valence-electron chi connectivity index (χ0n) is 12.9. The number of nitro groups is 1. The van der Waals surface area contributed by atoms with Crippen molar-refractivity contribution < 1.29 is 14.5 Å². The van der Waals surface area contributed by atoms with E-state index in [2.05, 4.69) is 0 Å². The number of hydrogen-bond donors (Lipinski definition) is 0. The molecule has 0 saturated heterocycles. The van der Waals surface area contributed by atoms with Gasteiger partial charge in [-0.05, 0) is 31.0 Å². The standard InChI is InChI=1S/C17H17NO4S/c1-12-6-3-4-9-16(12)23-11-17(19)22-13(2)14-7-5-8-15(10-14)18(20)21/h3-10,13H,11H2,1-2H3/t13-/m1/s1. The summed E-state index contributed by atoms with van der Waals surface area (Å²) in [5.74, 6) is -0.151. The second kappa shape index (κ2) is 7.78. The van der Waals surface area contributed by atoms with Crippen LogP contribution in [-0.4, -0.2) is 16.6 Å². The Balaban J connectivity index is 1.93. The Morgan fingerprint density at radius 3 is 2.70 bits per heavy atom. The molecule has 1 atom stereocenters. The van der Waals surface area contributed by atoms with Crippen LogP contribution >= 0.6 is 11.8 Å². The lowest BCUT2D eigenvalue weighted by atomic mass is 10.1. The van der Waals surface area contributed by atoms with Gasteiger partial charge in [0.1, 0.15) is 6.10 Å². The van der Waals surface area contributed by atoms with Gasteiger partial charge >= 0.3 is 5.97 Å². The van der Waals surface area contributed by atoms with Crippen molar-refractivity contribution in [2.75, 3.05) is 5.75 Å². The SMILES string of the molecule is Cc1ccccc1SCC(=O)O[C@H](C)c1cccc([N+](=O)[O-])c1. The van der Waals surface area contributed by atoms with Gasteiger partial charge in [-0.2, -0.15) is 0 Å². The Kier molecular flexibility index (Phi) is 5.76. The molecule has 0 amide bonds. The monoisotopic (exact) mass is 331 g/mol. The van der Waals surface area contributed by atoms with Crippen molar-refractivity contribution in [2.24, 2.45) is 0 Å². The van der Waals surface area contributed by atoms with Gasteiger partial charge in [-0.3, -0.25) is 14.9 Å². The van der Waals surface area contributed by atoms with Gasteiger partial charge in [0.15, 0.2) is 0 Å². The van der Waals surface area contributed by atoms with E-state index in [-0.39, 0.29) is 17.4 Å². The number of non-ortho nitro benzene ring substituents is 1. The van der Waals surface area contributed by atoms with Crippen LogP contribution in [0.25, 0.3) is 0 Å². The van der Waals surface area contributed by atoms with E-state index in [1.165, 1.54) is 23.9 Å². The highest BCUT2D eigenvalue weighted by molar-refractivity contribution is 8.00. The van der Waals surface area contributed by atoms with Crippen molar-refractivity contribution in [2.45, 2.75) is 24.8 Å². The number of nitrogens with zero attached hydrogens (tertiary/aromatic N) is 1. The quantitative estimate of drug-likeness (QED) is 0.342. The third-order valence-electron chi connectivity index (χ3n) is 3.30. The molecule has 120 valence electrons. The second-order valence-corrected chi connectivity index (χ2v) is 6.06. The fourth-order valence-corrected chi connectivity index (χ4v) is 2.86. The number of rotatable bonds is 6. The highest BCUT2D eigenvalue weighted by Crippen LogP contribution is 2.25. The van der Waals surface area contributed by atoms with Crippen LogP contribution in [0, 0.1) is 17.0 Å². The van der Waals surface area contributed by atoms with E-state index < -0.39 is 11.0 Å². The molecule has 0 heterocycles. The number of carbonyl (C=O) groups excluding carboxylic acids is 1. The molecule has 0 spiro atoms. The molecule has 23 heavy (non-hydrogen) atoms. The van der Waals surface area contributed by atoms with E-state index in [4.69, 9.17) is 4.74 Å².